The van der Waals surface area contributed by atoms with Crippen LogP contribution in [0.15, 0.2) is 54.7 Å². The van der Waals surface area contributed by atoms with Crippen LogP contribution in [0, 0.1) is 5.92 Å². The highest BCUT2D eigenvalue weighted by Gasteiger charge is 2.29. The van der Waals surface area contributed by atoms with Gasteiger partial charge in [-0.2, -0.15) is 0 Å². The number of Topliss-reactive ketones (excluding diaryl/α,β-unsaturated/α-hetero) is 2. The quantitative estimate of drug-likeness (QED) is 0.231. The Morgan fingerprint density at radius 1 is 1.08 bits per heavy atom. The SMILES string of the molecule is CCC(=O)c1ccc2c(c1)nc(-c1ccccn1)n2[C@H]1CCC[C@@H](CC(=O)c2ccc(C(C)C)s2)C1. The van der Waals surface area contributed by atoms with E-state index in [1.807, 2.05) is 49.4 Å². The van der Waals surface area contributed by atoms with Crippen molar-refractivity contribution in [2.24, 2.45) is 5.92 Å². The van der Waals surface area contributed by atoms with Crippen LogP contribution in [0.5, 0.6) is 0 Å². The molecule has 0 unspecified atom stereocenters. The van der Waals surface area contributed by atoms with Crippen LogP contribution in [0.4, 0.5) is 0 Å². The Morgan fingerprint density at radius 3 is 2.67 bits per heavy atom. The Morgan fingerprint density at radius 2 is 1.94 bits per heavy atom. The Balaban J connectivity index is 1.45. The minimum Gasteiger partial charge on any atom is -0.320 e. The maximum atomic E-state index is 13.1. The van der Waals surface area contributed by atoms with Gasteiger partial charge in [-0.3, -0.25) is 14.6 Å². The van der Waals surface area contributed by atoms with Crippen LogP contribution in [-0.4, -0.2) is 26.1 Å². The van der Waals surface area contributed by atoms with Crippen LogP contribution in [0.2, 0.25) is 0 Å². The molecule has 36 heavy (non-hydrogen) atoms. The summed E-state index contributed by atoms with van der Waals surface area (Å²) in [6, 6.07) is 16.1. The highest BCUT2D eigenvalue weighted by atomic mass is 32.1. The topological polar surface area (TPSA) is 64.8 Å². The van der Waals surface area contributed by atoms with Crippen molar-refractivity contribution in [3.05, 3.63) is 70.0 Å². The molecule has 1 aromatic carbocycles. The van der Waals surface area contributed by atoms with Crippen LogP contribution in [0.25, 0.3) is 22.6 Å². The van der Waals surface area contributed by atoms with E-state index in [1.54, 1.807) is 17.5 Å². The molecule has 0 radical (unpaired) electrons. The number of rotatable bonds is 8. The largest absolute Gasteiger partial charge is 0.320 e. The predicted octanol–water partition coefficient (Wildman–Crippen LogP) is 7.88. The summed E-state index contributed by atoms with van der Waals surface area (Å²) < 4.78 is 2.32. The van der Waals surface area contributed by atoms with E-state index in [2.05, 4.69) is 29.5 Å². The fraction of sp³-hybridized carbons (Fsp3) is 0.400. The Labute approximate surface area is 216 Å². The standard InChI is InChI=1S/C30H33N3O2S/c1-4-26(34)21-11-12-25-24(18-21)32-30(23-10-5-6-15-31-23)33(25)22-9-7-8-20(16-22)17-27(35)29-14-13-28(36-29)19(2)3/h5-6,10-15,18-20,22H,4,7-9,16-17H2,1-3H3/t20-,22+/m1/s1. The van der Waals surface area contributed by atoms with E-state index in [0.29, 0.717) is 30.2 Å². The molecular formula is C30H33N3O2S. The van der Waals surface area contributed by atoms with Crippen LogP contribution in [0.3, 0.4) is 0 Å². The van der Waals surface area contributed by atoms with Gasteiger partial charge in [0.1, 0.15) is 5.69 Å². The highest BCUT2D eigenvalue weighted by molar-refractivity contribution is 7.14. The fourth-order valence-corrected chi connectivity index (χ4v) is 6.34. The number of imidazole rings is 1. The van der Waals surface area contributed by atoms with E-state index < -0.39 is 0 Å². The summed E-state index contributed by atoms with van der Waals surface area (Å²) in [5.74, 6) is 2.01. The second-order valence-electron chi connectivity index (χ2n) is 10.2. The van der Waals surface area contributed by atoms with E-state index in [9.17, 15) is 9.59 Å². The molecule has 5 nitrogen and oxygen atoms in total. The summed E-state index contributed by atoms with van der Waals surface area (Å²) in [4.78, 5) is 37.2. The average Bonchev–Trinajstić information content (AvgIpc) is 3.54. The average molecular weight is 500 g/mol. The monoisotopic (exact) mass is 499 g/mol. The second-order valence-corrected chi connectivity index (χ2v) is 11.3. The van der Waals surface area contributed by atoms with Crippen LogP contribution < -0.4 is 0 Å². The zero-order valence-corrected chi connectivity index (χ0v) is 22.1. The lowest BCUT2D eigenvalue weighted by Gasteiger charge is -2.31. The molecule has 6 heteroatoms. The molecule has 0 amide bonds. The van der Waals surface area contributed by atoms with Crippen LogP contribution in [0.1, 0.15) is 96.2 Å². The highest BCUT2D eigenvalue weighted by Crippen LogP contribution is 2.40. The summed E-state index contributed by atoms with van der Waals surface area (Å²) in [5, 5.41) is 0. The summed E-state index contributed by atoms with van der Waals surface area (Å²) in [7, 11) is 0. The molecule has 4 aromatic rings. The van der Waals surface area contributed by atoms with E-state index in [-0.39, 0.29) is 17.6 Å². The number of fused-ring (bicyclic) bond motifs is 1. The third kappa shape index (κ3) is 4.92. The zero-order valence-electron chi connectivity index (χ0n) is 21.2. The lowest BCUT2D eigenvalue weighted by Crippen LogP contribution is -2.22. The second kappa shape index (κ2) is 10.5. The van der Waals surface area contributed by atoms with Gasteiger partial charge >= 0.3 is 0 Å². The molecule has 0 spiro atoms. The van der Waals surface area contributed by atoms with Crippen molar-refractivity contribution in [2.75, 3.05) is 0 Å². The number of thiophene rings is 1. The van der Waals surface area contributed by atoms with Crippen molar-refractivity contribution in [1.82, 2.24) is 14.5 Å². The van der Waals surface area contributed by atoms with Gasteiger partial charge in [-0.15, -0.1) is 11.3 Å². The third-order valence-electron chi connectivity index (χ3n) is 7.29. The molecule has 186 valence electrons. The number of pyridine rings is 1. The number of hydrogen-bond donors (Lipinski definition) is 0. The summed E-state index contributed by atoms with van der Waals surface area (Å²) in [6.45, 7) is 6.22. The number of aromatic nitrogens is 3. The lowest BCUT2D eigenvalue weighted by atomic mass is 9.82. The number of carbonyl (C=O) groups is 2. The van der Waals surface area contributed by atoms with Gasteiger partial charge in [-0.05, 0) is 73.6 Å². The minimum atomic E-state index is 0.122. The van der Waals surface area contributed by atoms with Crippen LogP contribution in [-0.2, 0) is 0 Å². The minimum absolute atomic E-state index is 0.122. The Hall–Kier alpha value is -3.12. The molecule has 3 heterocycles. The van der Waals surface area contributed by atoms with Gasteiger partial charge < -0.3 is 4.57 Å². The van der Waals surface area contributed by atoms with Gasteiger partial charge in [0, 0.05) is 35.5 Å². The molecule has 1 aliphatic carbocycles. The third-order valence-corrected chi connectivity index (χ3v) is 8.72. The first-order chi connectivity index (χ1) is 17.4. The first kappa shape index (κ1) is 24.6. The molecule has 0 aliphatic heterocycles. The van der Waals surface area contributed by atoms with Gasteiger partial charge in [0.2, 0.25) is 0 Å². The zero-order chi connectivity index (χ0) is 25.2. The number of ketones is 2. The van der Waals surface area contributed by atoms with Crippen molar-refractivity contribution in [2.45, 2.75) is 71.3 Å². The first-order valence-corrected chi connectivity index (χ1v) is 13.9. The summed E-state index contributed by atoms with van der Waals surface area (Å²) in [6.07, 6.45) is 7.00. The van der Waals surface area contributed by atoms with Crippen molar-refractivity contribution >= 4 is 33.9 Å². The Bertz CT molecular complexity index is 1390. The normalized spacial score (nSPS) is 18.1. The van der Waals surface area contributed by atoms with Gasteiger partial charge in [0.05, 0.1) is 15.9 Å². The van der Waals surface area contributed by atoms with Gasteiger partial charge in [0.25, 0.3) is 0 Å². The van der Waals surface area contributed by atoms with Crippen molar-refractivity contribution < 1.29 is 9.59 Å². The number of benzene rings is 1. The Kier molecular flexibility index (Phi) is 7.15. The van der Waals surface area contributed by atoms with Gasteiger partial charge in [-0.1, -0.05) is 33.3 Å². The van der Waals surface area contributed by atoms with E-state index in [4.69, 9.17) is 4.98 Å². The molecule has 1 fully saturated rings. The number of carbonyl (C=O) groups excluding carboxylic acids is 2. The molecule has 0 N–H and O–H groups in total. The molecule has 2 atom stereocenters. The van der Waals surface area contributed by atoms with E-state index >= 15 is 0 Å². The van der Waals surface area contributed by atoms with Crippen molar-refractivity contribution in [1.29, 1.82) is 0 Å². The van der Waals surface area contributed by atoms with Crippen molar-refractivity contribution in [3.8, 4) is 11.5 Å². The number of nitrogens with zero attached hydrogens (tertiary/aromatic N) is 3. The first-order valence-electron chi connectivity index (χ1n) is 13.0. The fourth-order valence-electron chi connectivity index (χ4n) is 5.38. The van der Waals surface area contributed by atoms with E-state index in [0.717, 1.165) is 53.1 Å². The smallest absolute Gasteiger partial charge is 0.173 e. The van der Waals surface area contributed by atoms with Crippen LogP contribution >= 0.6 is 11.3 Å². The molecular weight excluding hydrogens is 466 g/mol. The molecule has 1 aliphatic rings. The van der Waals surface area contributed by atoms with Gasteiger partial charge in [0.15, 0.2) is 17.4 Å². The van der Waals surface area contributed by atoms with Gasteiger partial charge in [-0.25, -0.2) is 4.98 Å². The molecule has 3 aromatic heterocycles. The maximum Gasteiger partial charge on any atom is 0.173 e. The lowest BCUT2D eigenvalue weighted by molar-refractivity contribution is 0.0944. The molecule has 0 bridgehead atoms. The van der Waals surface area contributed by atoms with Crippen molar-refractivity contribution in [3.63, 3.8) is 0 Å². The maximum absolute atomic E-state index is 13.1. The van der Waals surface area contributed by atoms with E-state index in [1.165, 1.54) is 4.88 Å². The summed E-state index contributed by atoms with van der Waals surface area (Å²) in [5.41, 5.74) is 3.38. The number of hydrogen-bond acceptors (Lipinski definition) is 5. The molecule has 1 saturated carbocycles. The summed E-state index contributed by atoms with van der Waals surface area (Å²) >= 11 is 1.64. The molecule has 0 saturated heterocycles. The molecule has 5 rings (SSSR count). The predicted molar refractivity (Wildman–Crippen MR) is 146 cm³/mol.